The Kier molecular flexibility index (Phi) is 3.96. The number of fused-ring (bicyclic) bond motifs is 1. The average molecular weight is 294 g/mol. The lowest BCUT2D eigenvalue weighted by Gasteiger charge is -2.39. The van der Waals surface area contributed by atoms with Crippen molar-refractivity contribution in [2.45, 2.75) is 57.3 Å². The zero-order valence-electron chi connectivity index (χ0n) is 12.3. The summed E-state index contributed by atoms with van der Waals surface area (Å²) in [4.78, 5) is 0. The maximum atomic E-state index is 6.49. The first-order valence-corrected chi connectivity index (χ1v) is 8.21. The van der Waals surface area contributed by atoms with Crippen molar-refractivity contribution in [1.29, 1.82) is 0 Å². The van der Waals surface area contributed by atoms with E-state index >= 15 is 0 Å². The molecule has 2 nitrogen and oxygen atoms in total. The maximum absolute atomic E-state index is 6.49. The highest BCUT2D eigenvalue weighted by Crippen LogP contribution is 2.45. The molecule has 1 fully saturated rings. The molecule has 1 aromatic rings. The summed E-state index contributed by atoms with van der Waals surface area (Å²) in [6, 6.07) is 2.14. The first-order valence-electron chi connectivity index (χ1n) is 7.83. The summed E-state index contributed by atoms with van der Waals surface area (Å²) in [6.45, 7) is 3.74. The van der Waals surface area contributed by atoms with Gasteiger partial charge in [0.2, 0.25) is 0 Å². The van der Waals surface area contributed by atoms with E-state index in [2.05, 4.69) is 13.0 Å². The van der Waals surface area contributed by atoms with Crippen molar-refractivity contribution < 1.29 is 4.74 Å². The van der Waals surface area contributed by atoms with Gasteiger partial charge in [-0.05, 0) is 55.4 Å². The highest BCUT2D eigenvalue weighted by Gasteiger charge is 2.35. The van der Waals surface area contributed by atoms with Crippen molar-refractivity contribution in [3.8, 4) is 5.75 Å². The minimum atomic E-state index is 0.137. The van der Waals surface area contributed by atoms with Gasteiger partial charge in [-0.1, -0.05) is 30.9 Å². The highest BCUT2D eigenvalue weighted by molar-refractivity contribution is 6.32. The van der Waals surface area contributed by atoms with Gasteiger partial charge < -0.3 is 10.5 Å². The molecule has 0 atom stereocenters. The molecule has 0 amide bonds. The molecule has 2 N–H and O–H groups in total. The molecule has 20 heavy (non-hydrogen) atoms. The Morgan fingerprint density at radius 3 is 2.70 bits per heavy atom. The fourth-order valence-corrected chi connectivity index (χ4v) is 4.30. The summed E-state index contributed by atoms with van der Waals surface area (Å²) < 4.78 is 5.78. The normalized spacial score (nSPS) is 21.1. The van der Waals surface area contributed by atoms with Crippen molar-refractivity contribution in [2.24, 2.45) is 5.73 Å². The van der Waals surface area contributed by atoms with Crippen LogP contribution >= 0.6 is 11.6 Å². The molecule has 1 heterocycles. The van der Waals surface area contributed by atoms with Crippen LogP contribution in [0.15, 0.2) is 6.07 Å². The average Bonchev–Trinajstić information content (AvgIpc) is 2.51. The molecule has 0 spiro atoms. The van der Waals surface area contributed by atoms with E-state index in [0.717, 1.165) is 36.8 Å². The van der Waals surface area contributed by atoms with E-state index in [1.54, 1.807) is 0 Å². The number of nitrogens with two attached hydrogens (primary N) is 1. The third-order valence-electron chi connectivity index (χ3n) is 5.21. The Morgan fingerprint density at radius 1 is 1.25 bits per heavy atom. The van der Waals surface area contributed by atoms with E-state index < -0.39 is 0 Å². The van der Waals surface area contributed by atoms with Crippen molar-refractivity contribution in [3.63, 3.8) is 0 Å². The van der Waals surface area contributed by atoms with Crippen LogP contribution in [0.4, 0.5) is 0 Å². The van der Waals surface area contributed by atoms with Crippen molar-refractivity contribution in [3.05, 3.63) is 27.8 Å². The lowest BCUT2D eigenvalue weighted by Crippen LogP contribution is -2.38. The van der Waals surface area contributed by atoms with Gasteiger partial charge in [0.25, 0.3) is 0 Å². The van der Waals surface area contributed by atoms with Crippen LogP contribution in [0.1, 0.15) is 55.2 Å². The lowest BCUT2D eigenvalue weighted by atomic mass is 9.67. The molecule has 1 aromatic carbocycles. The van der Waals surface area contributed by atoms with Gasteiger partial charge in [-0.2, -0.15) is 0 Å². The van der Waals surface area contributed by atoms with Gasteiger partial charge in [-0.25, -0.2) is 0 Å². The van der Waals surface area contributed by atoms with Crippen molar-refractivity contribution in [2.75, 3.05) is 13.2 Å². The highest BCUT2D eigenvalue weighted by atomic mass is 35.5. The Bertz CT molecular complexity index is 506. The smallest absolute Gasteiger partial charge is 0.141 e. The fraction of sp³-hybridized carbons (Fsp3) is 0.647. The third-order valence-corrected chi connectivity index (χ3v) is 5.49. The quantitative estimate of drug-likeness (QED) is 0.889. The van der Waals surface area contributed by atoms with Crippen LogP contribution in [0, 0.1) is 6.92 Å². The summed E-state index contributed by atoms with van der Waals surface area (Å²) in [7, 11) is 0. The van der Waals surface area contributed by atoms with E-state index in [1.807, 2.05) is 0 Å². The Morgan fingerprint density at radius 2 is 2.00 bits per heavy atom. The Labute approximate surface area is 126 Å². The molecule has 1 aliphatic heterocycles. The second kappa shape index (κ2) is 5.57. The second-order valence-corrected chi connectivity index (χ2v) is 6.74. The van der Waals surface area contributed by atoms with E-state index in [9.17, 15) is 0 Å². The summed E-state index contributed by atoms with van der Waals surface area (Å²) in [6.07, 6.45) is 8.45. The molecular formula is C17H24ClNO. The number of rotatable bonds is 2. The molecular weight excluding hydrogens is 270 g/mol. The molecule has 1 aliphatic carbocycles. The molecule has 1 saturated carbocycles. The fourth-order valence-electron chi connectivity index (χ4n) is 4.02. The monoisotopic (exact) mass is 293 g/mol. The minimum absolute atomic E-state index is 0.137. The molecule has 0 bridgehead atoms. The maximum Gasteiger partial charge on any atom is 0.141 e. The van der Waals surface area contributed by atoms with Crippen LogP contribution in [0.5, 0.6) is 5.75 Å². The summed E-state index contributed by atoms with van der Waals surface area (Å²) >= 11 is 6.49. The Hall–Kier alpha value is -0.730. The van der Waals surface area contributed by atoms with E-state index in [4.69, 9.17) is 22.1 Å². The van der Waals surface area contributed by atoms with Crippen LogP contribution < -0.4 is 10.5 Å². The predicted octanol–water partition coefficient (Wildman–Crippen LogP) is 4.13. The number of benzene rings is 1. The molecule has 3 heteroatoms. The number of hydrogen-bond donors (Lipinski definition) is 1. The van der Waals surface area contributed by atoms with Crippen LogP contribution in [0.3, 0.4) is 0 Å². The van der Waals surface area contributed by atoms with Crippen LogP contribution in [0.2, 0.25) is 5.02 Å². The molecule has 110 valence electrons. The summed E-state index contributed by atoms with van der Waals surface area (Å²) in [5, 5.41) is 0.777. The summed E-state index contributed by atoms with van der Waals surface area (Å²) in [5.74, 6) is 0.919. The lowest BCUT2D eigenvalue weighted by molar-refractivity contribution is 0.282. The van der Waals surface area contributed by atoms with Gasteiger partial charge in [0.15, 0.2) is 0 Å². The standard InChI is InChI=1S/C17H24ClNO/c1-12-13-6-5-9-20-16(13)15(18)10-14(12)17(11-19)7-3-2-4-8-17/h10H,2-9,11,19H2,1H3. The van der Waals surface area contributed by atoms with E-state index in [0.29, 0.717) is 0 Å². The number of hydrogen-bond acceptors (Lipinski definition) is 2. The number of ether oxygens (including phenoxy) is 1. The number of halogens is 1. The second-order valence-electron chi connectivity index (χ2n) is 6.34. The molecule has 0 unspecified atom stereocenters. The van der Waals surface area contributed by atoms with Gasteiger partial charge in [0, 0.05) is 12.0 Å². The zero-order valence-corrected chi connectivity index (χ0v) is 13.1. The SMILES string of the molecule is Cc1c(C2(CN)CCCCC2)cc(Cl)c2c1CCCO2. The Balaban J connectivity index is 2.11. The predicted molar refractivity (Wildman–Crippen MR) is 83.8 cm³/mol. The molecule has 0 aromatic heterocycles. The van der Waals surface area contributed by atoms with Gasteiger partial charge in [0.05, 0.1) is 11.6 Å². The van der Waals surface area contributed by atoms with Gasteiger partial charge >= 0.3 is 0 Å². The van der Waals surface area contributed by atoms with Gasteiger partial charge in [-0.3, -0.25) is 0 Å². The minimum Gasteiger partial charge on any atom is -0.492 e. The van der Waals surface area contributed by atoms with E-state index in [1.165, 1.54) is 48.8 Å². The van der Waals surface area contributed by atoms with Crippen molar-refractivity contribution >= 4 is 11.6 Å². The van der Waals surface area contributed by atoms with Gasteiger partial charge in [0.1, 0.15) is 5.75 Å². The van der Waals surface area contributed by atoms with Gasteiger partial charge in [-0.15, -0.1) is 0 Å². The topological polar surface area (TPSA) is 35.2 Å². The first-order chi connectivity index (χ1) is 9.68. The van der Waals surface area contributed by atoms with Crippen LogP contribution in [-0.2, 0) is 11.8 Å². The molecule has 3 rings (SSSR count). The molecule has 0 saturated heterocycles. The third kappa shape index (κ3) is 2.23. The molecule has 0 radical (unpaired) electrons. The zero-order chi connectivity index (χ0) is 14.2. The summed E-state index contributed by atoms with van der Waals surface area (Å²) in [5.41, 5.74) is 10.4. The largest absolute Gasteiger partial charge is 0.492 e. The molecule has 2 aliphatic rings. The van der Waals surface area contributed by atoms with Crippen molar-refractivity contribution in [1.82, 2.24) is 0 Å². The first kappa shape index (κ1) is 14.2. The van der Waals surface area contributed by atoms with Crippen LogP contribution in [0.25, 0.3) is 0 Å². The van der Waals surface area contributed by atoms with Crippen LogP contribution in [-0.4, -0.2) is 13.2 Å². The van der Waals surface area contributed by atoms with E-state index in [-0.39, 0.29) is 5.41 Å².